The molecule has 2 amide bonds. The van der Waals surface area contributed by atoms with Gasteiger partial charge in [-0.1, -0.05) is 63.3 Å². The molecule has 2 atom stereocenters. The Morgan fingerprint density at radius 2 is 1.82 bits per heavy atom. The maximum absolute atomic E-state index is 13.3. The Bertz CT molecular complexity index is 929. The van der Waals surface area contributed by atoms with Gasteiger partial charge in [0.2, 0.25) is 21.8 Å². The highest BCUT2D eigenvalue weighted by Gasteiger charge is 2.40. The van der Waals surface area contributed by atoms with Gasteiger partial charge in [0, 0.05) is 12.0 Å². The first-order valence-corrected chi connectivity index (χ1v) is 12.8. The summed E-state index contributed by atoms with van der Waals surface area (Å²) < 4.78 is 30.8. The van der Waals surface area contributed by atoms with Crippen molar-refractivity contribution in [2.45, 2.75) is 33.6 Å². The summed E-state index contributed by atoms with van der Waals surface area (Å²) in [6, 6.07) is 9.49. The van der Waals surface area contributed by atoms with Crippen LogP contribution in [-0.4, -0.2) is 55.9 Å². The predicted octanol–water partition coefficient (Wildman–Crippen LogP) is 2.20. The molecule has 0 spiro atoms. The third-order valence-corrected chi connectivity index (χ3v) is 6.58. The molecule has 0 aliphatic carbocycles. The largest absolute Gasteiger partial charge is 0.380 e. The number of nitrogens with zero attached hydrogens (tertiary/aromatic N) is 1. The monoisotopic (exact) mass is 481 g/mol. The number of amides is 2. The number of ether oxygens (including phenoxy) is 1. The lowest BCUT2D eigenvalue weighted by Crippen LogP contribution is -2.57. The summed E-state index contributed by atoms with van der Waals surface area (Å²) in [4.78, 5) is 25.8. The van der Waals surface area contributed by atoms with Crippen molar-refractivity contribution in [2.75, 3.05) is 26.0 Å². The lowest BCUT2D eigenvalue weighted by Gasteiger charge is -2.41. The van der Waals surface area contributed by atoms with Crippen LogP contribution in [0.4, 0.5) is 0 Å². The van der Waals surface area contributed by atoms with Gasteiger partial charge in [0.25, 0.3) is 0 Å². The van der Waals surface area contributed by atoms with Crippen molar-refractivity contribution in [1.29, 1.82) is 0 Å². The van der Waals surface area contributed by atoms with Crippen molar-refractivity contribution >= 4 is 27.9 Å². The first-order chi connectivity index (χ1) is 15.4. The second kappa shape index (κ2) is 11.7. The Morgan fingerprint density at radius 1 is 1.18 bits per heavy atom. The van der Waals surface area contributed by atoms with Crippen LogP contribution in [0.1, 0.15) is 39.2 Å². The summed E-state index contributed by atoms with van der Waals surface area (Å²) in [7, 11) is -3.75. The van der Waals surface area contributed by atoms with Gasteiger partial charge in [-0.2, -0.15) is 0 Å². The average molecular weight is 482 g/mol. The quantitative estimate of drug-likeness (QED) is 0.310. The number of hydrogen-bond donors (Lipinski definition) is 3. The molecular formula is C23H35N3O6S. The van der Waals surface area contributed by atoms with E-state index in [2.05, 4.69) is 5.43 Å². The van der Waals surface area contributed by atoms with Gasteiger partial charge < -0.3 is 4.74 Å². The molecule has 2 rings (SSSR count). The van der Waals surface area contributed by atoms with Crippen molar-refractivity contribution in [3.05, 3.63) is 42.0 Å². The summed E-state index contributed by atoms with van der Waals surface area (Å²) in [6.45, 7) is 6.55. The molecule has 10 heteroatoms. The standard InChI is InChI=1S/C23H35N3O6S/c1-17(2)13-20(19(22(28)25-29)12-8-11-18-9-6-5-7-10-18)21(27)24-26(33(4,30)31)14-23(3)15-32-16-23/h5-11,17,19-20,29H,12-16H2,1-4H3,(H,24,27)(H,25,28)/t19-,20+/m0/s1. The molecule has 0 bridgehead atoms. The minimum Gasteiger partial charge on any atom is -0.380 e. The summed E-state index contributed by atoms with van der Waals surface area (Å²) in [5.74, 6) is -2.97. The second-order valence-electron chi connectivity index (χ2n) is 9.42. The number of hydrazine groups is 1. The lowest BCUT2D eigenvalue weighted by atomic mass is 9.82. The van der Waals surface area contributed by atoms with Crippen molar-refractivity contribution in [3.8, 4) is 0 Å². The zero-order valence-corrected chi connectivity index (χ0v) is 20.5. The van der Waals surface area contributed by atoms with Gasteiger partial charge in [0.05, 0.1) is 31.3 Å². The smallest absolute Gasteiger partial charge is 0.247 e. The number of carbonyl (C=O) groups excluding carboxylic acids is 2. The van der Waals surface area contributed by atoms with Gasteiger partial charge >= 0.3 is 0 Å². The Labute approximate surface area is 196 Å². The van der Waals surface area contributed by atoms with Crippen LogP contribution in [-0.2, 0) is 24.3 Å². The first-order valence-electron chi connectivity index (χ1n) is 11.0. The fourth-order valence-corrected chi connectivity index (χ4v) is 4.55. The summed E-state index contributed by atoms with van der Waals surface area (Å²) in [5, 5.41) is 9.31. The Morgan fingerprint density at radius 3 is 2.30 bits per heavy atom. The van der Waals surface area contributed by atoms with Crippen LogP contribution in [0.15, 0.2) is 36.4 Å². The Hall–Kier alpha value is -2.27. The molecule has 0 radical (unpaired) electrons. The molecule has 1 heterocycles. The van der Waals surface area contributed by atoms with E-state index in [0.29, 0.717) is 19.6 Å². The molecule has 1 aromatic carbocycles. The SMILES string of the molecule is CC(C)C[C@@H](C(=O)NN(CC1(C)COC1)S(C)(=O)=O)[C@H](CC=Cc1ccccc1)C(=O)NO. The lowest BCUT2D eigenvalue weighted by molar-refractivity contribution is -0.143. The van der Waals surface area contributed by atoms with Gasteiger partial charge in [-0.25, -0.2) is 13.9 Å². The number of carbonyl (C=O) groups is 2. The van der Waals surface area contributed by atoms with Crippen LogP contribution >= 0.6 is 0 Å². The molecule has 1 aromatic rings. The molecule has 1 saturated heterocycles. The number of hydroxylamine groups is 1. The zero-order valence-electron chi connectivity index (χ0n) is 19.7. The van der Waals surface area contributed by atoms with Gasteiger partial charge in [0.15, 0.2) is 0 Å². The molecule has 184 valence electrons. The highest BCUT2D eigenvalue weighted by molar-refractivity contribution is 7.88. The van der Waals surface area contributed by atoms with E-state index < -0.39 is 39.1 Å². The minimum atomic E-state index is -3.75. The van der Waals surface area contributed by atoms with Crippen LogP contribution in [0.3, 0.4) is 0 Å². The number of benzene rings is 1. The maximum atomic E-state index is 13.3. The number of sulfonamides is 1. The van der Waals surface area contributed by atoms with Gasteiger partial charge in [-0.15, -0.1) is 4.41 Å². The highest BCUT2D eigenvalue weighted by Crippen LogP contribution is 2.29. The summed E-state index contributed by atoms with van der Waals surface area (Å²) in [6.07, 6.45) is 5.16. The zero-order chi connectivity index (χ0) is 24.6. The molecule has 1 aliphatic rings. The second-order valence-corrected chi connectivity index (χ2v) is 11.3. The molecule has 0 saturated carbocycles. The van der Waals surface area contributed by atoms with Gasteiger partial charge in [-0.3, -0.25) is 20.2 Å². The fraction of sp³-hybridized carbons (Fsp3) is 0.565. The number of nitrogens with one attached hydrogen (secondary N) is 2. The van der Waals surface area contributed by atoms with Crippen molar-refractivity contribution < 1.29 is 28.0 Å². The molecule has 1 fully saturated rings. The van der Waals surface area contributed by atoms with Crippen molar-refractivity contribution in [1.82, 2.24) is 15.3 Å². The van der Waals surface area contributed by atoms with Crippen LogP contribution in [0.25, 0.3) is 6.08 Å². The van der Waals surface area contributed by atoms with Crippen LogP contribution in [0, 0.1) is 23.2 Å². The van der Waals surface area contributed by atoms with Crippen molar-refractivity contribution in [3.63, 3.8) is 0 Å². The van der Waals surface area contributed by atoms with E-state index in [9.17, 15) is 23.2 Å². The van der Waals surface area contributed by atoms with E-state index in [1.54, 1.807) is 11.6 Å². The molecule has 33 heavy (non-hydrogen) atoms. The van der Waals surface area contributed by atoms with Crippen LogP contribution in [0.5, 0.6) is 0 Å². The summed E-state index contributed by atoms with van der Waals surface area (Å²) in [5.41, 5.74) is 4.72. The van der Waals surface area contributed by atoms with E-state index in [-0.39, 0.29) is 18.9 Å². The number of allylic oxidation sites excluding steroid dienone is 1. The third-order valence-electron chi connectivity index (χ3n) is 5.56. The summed E-state index contributed by atoms with van der Waals surface area (Å²) >= 11 is 0. The predicted molar refractivity (Wildman–Crippen MR) is 125 cm³/mol. The van der Waals surface area contributed by atoms with Crippen molar-refractivity contribution in [2.24, 2.45) is 23.2 Å². The van der Waals surface area contributed by atoms with E-state index in [1.165, 1.54) is 0 Å². The Kier molecular flexibility index (Phi) is 9.59. The van der Waals surface area contributed by atoms with E-state index in [4.69, 9.17) is 4.74 Å². The number of hydrogen-bond acceptors (Lipinski definition) is 6. The molecule has 1 aliphatic heterocycles. The van der Waals surface area contributed by atoms with Crippen LogP contribution < -0.4 is 10.9 Å². The minimum absolute atomic E-state index is 0.0529. The molecule has 0 unspecified atom stereocenters. The van der Waals surface area contributed by atoms with E-state index in [1.807, 2.05) is 57.2 Å². The topological polar surface area (TPSA) is 125 Å². The number of rotatable bonds is 12. The molecule has 9 nitrogen and oxygen atoms in total. The van der Waals surface area contributed by atoms with Crippen LogP contribution in [0.2, 0.25) is 0 Å². The molecular weight excluding hydrogens is 446 g/mol. The van der Waals surface area contributed by atoms with E-state index >= 15 is 0 Å². The third kappa shape index (κ3) is 8.22. The average Bonchev–Trinajstić information content (AvgIpc) is 2.73. The highest BCUT2D eigenvalue weighted by atomic mass is 32.2. The van der Waals surface area contributed by atoms with Gasteiger partial charge in [0.1, 0.15) is 0 Å². The molecule has 0 aromatic heterocycles. The Balaban J connectivity index is 2.24. The normalized spacial score (nSPS) is 17.5. The van der Waals surface area contributed by atoms with Gasteiger partial charge in [-0.05, 0) is 24.3 Å². The van der Waals surface area contributed by atoms with E-state index in [0.717, 1.165) is 16.2 Å². The first kappa shape index (κ1) is 27.0. The molecule has 3 N–H and O–H groups in total. The maximum Gasteiger partial charge on any atom is 0.247 e. The fourth-order valence-electron chi connectivity index (χ4n) is 3.75.